The number of hydrogen-bond donors (Lipinski definition) is 1. The zero-order valence-corrected chi connectivity index (χ0v) is 13.1. The lowest BCUT2D eigenvalue weighted by atomic mass is 9.99. The van der Waals surface area contributed by atoms with Crippen molar-refractivity contribution in [3.63, 3.8) is 0 Å². The van der Waals surface area contributed by atoms with E-state index in [0.29, 0.717) is 12.1 Å². The van der Waals surface area contributed by atoms with Crippen molar-refractivity contribution < 1.29 is 14.7 Å². The molecule has 1 saturated heterocycles. The van der Waals surface area contributed by atoms with Crippen molar-refractivity contribution in [1.82, 2.24) is 9.88 Å². The molecule has 1 amide bonds. The third kappa shape index (κ3) is 3.35. The number of rotatable bonds is 3. The molecule has 21 heavy (non-hydrogen) atoms. The average Bonchev–Trinajstić information content (AvgIpc) is 2.79. The van der Waals surface area contributed by atoms with E-state index in [4.69, 9.17) is 16.7 Å². The molecular formula is C15H19ClN2O3. The Bertz CT molecular complexity index is 574. The van der Waals surface area contributed by atoms with Gasteiger partial charge < -0.3 is 10.0 Å². The standard InChI is InChI=1S/C15H19ClN2O3/c1-8(2)12-4-10(5-13(16)17-12)14(19)18-6-9(3)11(7-18)15(20)21/h4-5,8-9,11H,6-7H2,1-3H3,(H,20,21). The van der Waals surface area contributed by atoms with Crippen LogP contribution in [0.5, 0.6) is 0 Å². The summed E-state index contributed by atoms with van der Waals surface area (Å²) in [6.45, 7) is 6.50. The maximum Gasteiger partial charge on any atom is 0.308 e. The normalized spacial score (nSPS) is 21.9. The summed E-state index contributed by atoms with van der Waals surface area (Å²) in [4.78, 5) is 29.5. The van der Waals surface area contributed by atoms with Gasteiger partial charge in [-0.2, -0.15) is 0 Å². The fourth-order valence-corrected chi connectivity index (χ4v) is 2.79. The Morgan fingerprint density at radius 2 is 2.05 bits per heavy atom. The number of likely N-dealkylation sites (tertiary alicyclic amines) is 1. The minimum atomic E-state index is -0.853. The van der Waals surface area contributed by atoms with Gasteiger partial charge in [-0.3, -0.25) is 9.59 Å². The molecule has 1 aliphatic heterocycles. The first kappa shape index (κ1) is 15.8. The molecular weight excluding hydrogens is 292 g/mol. The van der Waals surface area contributed by atoms with E-state index in [1.807, 2.05) is 20.8 Å². The van der Waals surface area contributed by atoms with Crippen LogP contribution < -0.4 is 0 Å². The van der Waals surface area contributed by atoms with Crippen molar-refractivity contribution in [2.24, 2.45) is 11.8 Å². The number of aliphatic carboxylic acids is 1. The van der Waals surface area contributed by atoms with Crippen LogP contribution in [0.15, 0.2) is 12.1 Å². The Labute approximate surface area is 128 Å². The SMILES string of the molecule is CC(C)c1cc(C(=O)N2CC(C)C(C(=O)O)C2)cc(Cl)n1. The lowest BCUT2D eigenvalue weighted by Gasteiger charge is -2.17. The van der Waals surface area contributed by atoms with Crippen LogP contribution in [-0.4, -0.2) is 40.0 Å². The summed E-state index contributed by atoms with van der Waals surface area (Å²) in [6, 6.07) is 3.27. The van der Waals surface area contributed by atoms with Crippen molar-refractivity contribution >= 4 is 23.5 Å². The molecule has 0 bridgehead atoms. The van der Waals surface area contributed by atoms with Crippen molar-refractivity contribution in [3.8, 4) is 0 Å². The highest BCUT2D eigenvalue weighted by Crippen LogP contribution is 2.26. The monoisotopic (exact) mass is 310 g/mol. The number of amides is 1. The van der Waals surface area contributed by atoms with Gasteiger partial charge in [0.2, 0.25) is 0 Å². The number of aromatic nitrogens is 1. The van der Waals surface area contributed by atoms with E-state index in [-0.39, 0.29) is 29.4 Å². The van der Waals surface area contributed by atoms with Gasteiger partial charge in [0.15, 0.2) is 0 Å². The minimum Gasteiger partial charge on any atom is -0.481 e. The Hall–Kier alpha value is -1.62. The summed E-state index contributed by atoms with van der Waals surface area (Å²) < 4.78 is 0. The number of carboxylic acids is 1. The molecule has 2 heterocycles. The van der Waals surface area contributed by atoms with Gasteiger partial charge in [-0.1, -0.05) is 32.4 Å². The predicted octanol–water partition coefficient (Wildman–Crippen LogP) is 2.65. The van der Waals surface area contributed by atoms with Gasteiger partial charge in [-0.25, -0.2) is 4.98 Å². The Morgan fingerprint density at radius 3 is 2.57 bits per heavy atom. The molecule has 114 valence electrons. The van der Waals surface area contributed by atoms with Crippen LogP contribution in [0.1, 0.15) is 42.7 Å². The third-order valence-corrected chi connectivity index (χ3v) is 4.06. The maximum atomic E-state index is 12.5. The molecule has 0 spiro atoms. The van der Waals surface area contributed by atoms with Crippen LogP contribution in [0.25, 0.3) is 0 Å². The minimum absolute atomic E-state index is 0.0478. The van der Waals surface area contributed by atoms with Crippen LogP contribution in [-0.2, 0) is 4.79 Å². The Morgan fingerprint density at radius 1 is 1.38 bits per heavy atom. The molecule has 1 N–H and O–H groups in total. The van der Waals surface area contributed by atoms with Gasteiger partial charge in [0, 0.05) is 24.3 Å². The predicted molar refractivity (Wildman–Crippen MR) is 79.5 cm³/mol. The summed E-state index contributed by atoms with van der Waals surface area (Å²) in [5.41, 5.74) is 1.23. The smallest absolute Gasteiger partial charge is 0.308 e. The fourth-order valence-electron chi connectivity index (χ4n) is 2.57. The number of pyridine rings is 1. The molecule has 1 aromatic heterocycles. The Balaban J connectivity index is 2.23. The van der Waals surface area contributed by atoms with E-state index in [2.05, 4.69) is 4.98 Å². The molecule has 1 fully saturated rings. The molecule has 5 nitrogen and oxygen atoms in total. The van der Waals surface area contributed by atoms with Crippen LogP contribution in [0.4, 0.5) is 0 Å². The molecule has 1 aliphatic rings. The Kier molecular flexibility index (Phi) is 4.52. The zero-order chi connectivity index (χ0) is 15.7. The van der Waals surface area contributed by atoms with Gasteiger partial charge in [-0.05, 0) is 24.0 Å². The van der Waals surface area contributed by atoms with E-state index in [0.717, 1.165) is 5.69 Å². The lowest BCUT2D eigenvalue weighted by Crippen LogP contribution is -2.30. The lowest BCUT2D eigenvalue weighted by molar-refractivity contribution is -0.142. The first-order chi connectivity index (χ1) is 9.79. The fraction of sp³-hybridized carbons (Fsp3) is 0.533. The number of halogens is 1. The van der Waals surface area contributed by atoms with E-state index in [9.17, 15) is 9.59 Å². The number of carboxylic acid groups (broad SMARTS) is 1. The van der Waals surface area contributed by atoms with Crippen molar-refractivity contribution in [2.75, 3.05) is 13.1 Å². The summed E-state index contributed by atoms with van der Waals surface area (Å²) in [5, 5.41) is 9.43. The molecule has 2 rings (SSSR count). The van der Waals surface area contributed by atoms with E-state index < -0.39 is 11.9 Å². The van der Waals surface area contributed by atoms with Crippen molar-refractivity contribution in [1.29, 1.82) is 0 Å². The van der Waals surface area contributed by atoms with Gasteiger partial charge in [-0.15, -0.1) is 0 Å². The first-order valence-corrected chi connectivity index (χ1v) is 7.37. The van der Waals surface area contributed by atoms with E-state index in [1.165, 1.54) is 6.07 Å². The highest BCUT2D eigenvalue weighted by atomic mass is 35.5. The number of carbonyl (C=O) groups excluding carboxylic acids is 1. The number of hydrogen-bond acceptors (Lipinski definition) is 3. The van der Waals surface area contributed by atoms with E-state index in [1.54, 1.807) is 11.0 Å². The number of nitrogens with zero attached hydrogens (tertiary/aromatic N) is 2. The molecule has 6 heteroatoms. The molecule has 0 radical (unpaired) electrons. The maximum absolute atomic E-state index is 12.5. The van der Waals surface area contributed by atoms with Crippen LogP contribution in [0, 0.1) is 11.8 Å². The second-order valence-electron chi connectivity index (χ2n) is 5.89. The summed E-state index contributed by atoms with van der Waals surface area (Å²) in [5.74, 6) is -1.42. The zero-order valence-electron chi connectivity index (χ0n) is 12.3. The number of carbonyl (C=O) groups is 2. The highest BCUT2D eigenvalue weighted by Gasteiger charge is 2.37. The molecule has 1 aromatic rings. The largest absolute Gasteiger partial charge is 0.481 e. The quantitative estimate of drug-likeness (QED) is 0.871. The van der Waals surface area contributed by atoms with E-state index >= 15 is 0 Å². The molecule has 0 aromatic carbocycles. The second-order valence-corrected chi connectivity index (χ2v) is 6.28. The molecule has 0 aliphatic carbocycles. The summed E-state index contributed by atoms with van der Waals surface area (Å²) >= 11 is 5.98. The third-order valence-electron chi connectivity index (χ3n) is 3.87. The van der Waals surface area contributed by atoms with Gasteiger partial charge in [0.05, 0.1) is 5.92 Å². The first-order valence-electron chi connectivity index (χ1n) is 6.99. The van der Waals surface area contributed by atoms with Crippen LogP contribution in [0.2, 0.25) is 5.15 Å². The molecule has 2 unspecified atom stereocenters. The van der Waals surface area contributed by atoms with Crippen LogP contribution in [0.3, 0.4) is 0 Å². The topological polar surface area (TPSA) is 70.5 Å². The van der Waals surface area contributed by atoms with Gasteiger partial charge >= 0.3 is 5.97 Å². The van der Waals surface area contributed by atoms with Crippen molar-refractivity contribution in [2.45, 2.75) is 26.7 Å². The van der Waals surface area contributed by atoms with Crippen LogP contribution >= 0.6 is 11.6 Å². The summed E-state index contributed by atoms with van der Waals surface area (Å²) in [6.07, 6.45) is 0. The average molecular weight is 311 g/mol. The summed E-state index contributed by atoms with van der Waals surface area (Å²) in [7, 11) is 0. The van der Waals surface area contributed by atoms with Gasteiger partial charge in [0.25, 0.3) is 5.91 Å². The van der Waals surface area contributed by atoms with Crippen molar-refractivity contribution in [3.05, 3.63) is 28.5 Å². The molecule has 2 atom stereocenters. The molecule has 0 saturated carbocycles. The highest BCUT2D eigenvalue weighted by molar-refractivity contribution is 6.29. The van der Waals surface area contributed by atoms with Gasteiger partial charge in [0.1, 0.15) is 5.15 Å². The second kappa shape index (κ2) is 6.02.